The van der Waals surface area contributed by atoms with Gasteiger partial charge >= 0.3 is 0 Å². The van der Waals surface area contributed by atoms with Crippen molar-refractivity contribution in [3.05, 3.63) is 71.9 Å². The summed E-state index contributed by atoms with van der Waals surface area (Å²) in [5, 5.41) is 8.15. The Morgan fingerprint density at radius 3 is 2.64 bits per heavy atom. The summed E-state index contributed by atoms with van der Waals surface area (Å²) in [6.07, 6.45) is 4.09. The molecular formula is C23H23N3O2. The van der Waals surface area contributed by atoms with Gasteiger partial charge in [0.25, 0.3) is 0 Å². The highest BCUT2D eigenvalue weighted by Gasteiger charge is 2.27. The Kier molecular flexibility index (Phi) is 4.67. The third-order valence-corrected chi connectivity index (χ3v) is 5.52. The van der Waals surface area contributed by atoms with Crippen molar-refractivity contribution < 1.29 is 9.47 Å². The van der Waals surface area contributed by atoms with Crippen molar-refractivity contribution in [2.45, 2.75) is 25.4 Å². The van der Waals surface area contributed by atoms with E-state index in [0.29, 0.717) is 19.3 Å². The highest BCUT2D eigenvalue weighted by Crippen LogP contribution is 2.38. The van der Waals surface area contributed by atoms with Gasteiger partial charge in [0.05, 0.1) is 5.69 Å². The Morgan fingerprint density at radius 2 is 1.82 bits per heavy atom. The lowest BCUT2D eigenvalue weighted by Gasteiger charge is -2.26. The molecule has 0 saturated carbocycles. The third-order valence-electron chi connectivity index (χ3n) is 5.52. The van der Waals surface area contributed by atoms with Crippen molar-refractivity contribution in [3.63, 3.8) is 0 Å². The van der Waals surface area contributed by atoms with Crippen LogP contribution in [0, 0.1) is 0 Å². The molecule has 0 N–H and O–H groups in total. The molecule has 3 aromatic rings. The van der Waals surface area contributed by atoms with Crippen LogP contribution in [-0.2, 0) is 6.54 Å². The first-order valence-electron chi connectivity index (χ1n) is 9.87. The summed E-state index contributed by atoms with van der Waals surface area (Å²) in [6, 6.07) is 19.4. The van der Waals surface area contributed by atoms with E-state index in [0.717, 1.165) is 35.8 Å². The van der Waals surface area contributed by atoms with E-state index in [9.17, 15) is 0 Å². The quantitative estimate of drug-likeness (QED) is 0.684. The molecule has 2 aliphatic rings. The van der Waals surface area contributed by atoms with Crippen LogP contribution in [0.15, 0.2) is 60.8 Å². The molecule has 5 nitrogen and oxygen atoms in total. The Hall–Kier alpha value is -2.92. The maximum Gasteiger partial charge on any atom is 0.161 e. The van der Waals surface area contributed by atoms with Crippen LogP contribution in [0.3, 0.4) is 0 Å². The van der Waals surface area contributed by atoms with E-state index in [2.05, 4.69) is 57.6 Å². The Bertz CT molecular complexity index is 944. The van der Waals surface area contributed by atoms with Crippen molar-refractivity contribution in [1.29, 1.82) is 0 Å². The summed E-state index contributed by atoms with van der Waals surface area (Å²) in [4.78, 5) is 2.56. The van der Waals surface area contributed by atoms with Crippen molar-refractivity contribution >= 4 is 0 Å². The zero-order chi connectivity index (χ0) is 18.8. The molecule has 142 valence electrons. The minimum Gasteiger partial charge on any atom is -0.486 e. The number of likely N-dealkylation sites (tertiary alicyclic amines) is 1. The summed E-state index contributed by atoms with van der Waals surface area (Å²) >= 11 is 0. The van der Waals surface area contributed by atoms with Crippen LogP contribution in [0.5, 0.6) is 11.5 Å². The van der Waals surface area contributed by atoms with Crippen molar-refractivity contribution in [2.75, 3.05) is 19.8 Å². The number of fused-ring (bicyclic) bond motifs is 1. The molecule has 0 unspecified atom stereocenters. The standard InChI is InChI=1S/C23H23N3O2/c1-3-20(25-24-11-1)18-7-5-17(6-8-18)16-26-12-2-4-21(26)19-9-10-22-23(15-19)28-14-13-27-22/h1,3,5-11,15,21H,2,4,12-14,16H2/t21-/m0/s1. The summed E-state index contributed by atoms with van der Waals surface area (Å²) in [5.74, 6) is 1.74. The van der Waals surface area contributed by atoms with Crippen LogP contribution in [0.25, 0.3) is 11.3 Å². The Labute approximate surface area is 164 Å². The third kappa shape index (κ3) is 3.45. The topological polar surface area (TPSA) is 47.5 Å². The maximum atomic E-state index is 5.78. The number of hydrogen-bond donors (Lipinski definition) is 0. The molecule has 0 aliphatic carbocycles. The predicted octanol–water partition coefficient (Wildman–Crippen LogP) is 4.25. The molecule has 0 spiro atoms. The highest BCUT2D eigenvalue weighted by molar-refractivity contribution is 5.58. The molecule has 0 bridgehead atoms. The van der Waals surface area contributed by atoms with E-state index in [4.69, 9.17) is 9.47 Å². The zero-order valence-electron chi connectivity index (χ0n) is 15.8. The van der Waals surface area contributed by atoms with Gasteiger partial charge in [-0.25, -0.2) is 0 Å². The molecule has 2 aromatic carbocycles. The van der Waals surface area contributed by atoms with E-state index >= 15 is 0 Å². The van der Waals surface area contributed by atoms with E-state index in [-0.39, 0.29) is 0 Å². The predicted molar refractivity (Wildman–Crippen MR) is 107 cm³/mol. The van der Waals surface area contributed by atoms with Crippen LogP contribution in [0.4, 0.5) is 0 Å². The van der Waals surface area contributed by atoms with Gasteiger partial charge in [0.15, 0.2) is 11.5 Å². The molecule has 3 heterocycles. The summed E-state index contributed by atoms with van der Waals surface area (Å²) < 4.78 is 11.4. The second-order valence-electron chi connectivity index (χ2n) is 7.34. The summed E-state index contributed by atoms with van der Waals surface area (Å²) in [5.41, 5.74) is 4.64. The van der Waals surface area contributed by atoms with Crippen molar-refractivity contribution in [1.82, 2.24) is 15.1 Å². The van der Waals surface area contributed by atoms with Gasteiger partial charge < -0.3 is 9.47 Å². The van der Waals surface area contributed by atoms with E-state index in [1.54, 1.807) is 6.20 Å². The molecule has 5 heteroatoms. The fourth-order valence-corrected chi connectivity index (χ4v) is 4.13. The molecular weight excluding hydrogens is 350 g/mol. The largest absolute Gasteiger partial charge is 0.486 e. The van der Waals surface area contributed by atoms with Gasteiger partial charge in [-0.2, -0.15) is 10.2 Å². The second-order valence-corrected chi connectivity index (χ2v) is 7.34. The lowest BCUT2D eigenvalue weighted by atomic mass is 10.0. The Morgan fingerprint density at radius 1 is 0.964 bits per heavy atom. The minimum absolute atomic E-state index is 0.426. The van der Waals surface area contributed by atoms with Crippen LogP contribution in [0.1, 0.15) is 30.0 Å². The van der Waals surface area contributed by atoms with Crippen LogP contribution < -0.4 is 9.47 Å². The smallest absolute Gasteiger partial charge is 0.161 e. The average molecular weight is 373 g/mol. The second kappa shape index (κ2) is 7.60. The molecule has 0 amide bonds. The molecule has 2 aliphatic heterocycles. The highest BCUT2D eigenvalue weighted by atomic mass is 16.6. The molecule has 0 radical (unpaired) electrons. The van der Waals surface area contributed by atoms with Gasteiger partial charge in [0.1, 0.15) is 13.2 Å². The summed E-state index contributed by atoms with van der Waals surface area (Å²) in [7, 11) is 0. The fraction of sp³-hybridized carbons (Fsp3) is 0.304. The monoisotopic (exact) mass is 373 g/mol. The van der Waals surface area contributed by atoms with Crippen molar-refractivity contribution in [3.8, 4) is 22.8 Å². The molecule has 1 fully saturated rings. The van der Waals surface area contributed by atoms with Gasteiger partial charge in [0.2, 0.25) is 0 Å². The van der Waals surface area contributed by atoms with E-state index < -0.39 is 0 Å². The number of rotatable bonds is 4. The first-order valence-corrected chi connectivity index (χ1v) is 9.87. The molecule has 1 aromatic heterocycles. The van der Waals surface area contributed by atoms with Gasteiger partial charge in [-0.05, 0) is 54.8 Å². The Balaban J connectivity index is 1.32. The molecule has 28 heavy (non-hydrogen) atoms. The number of benzene rings is 2. The maximum absolute atomic E-state index is 5.78. The van der Waals surface area contributed by atoms with Crippen LogP contribution >= 0.6 is 0 Å². The number of hydrogen-bond acceptors (Lipinski definition) is 5. The number of aromatic nitrogens is 2. The average Bonchev–Trinajstić information content (AvgIpc) is 3.23. The van der Waals surface area contributed by atoms with Crippen molar-refractivity contribution in [2.24, 2.45) is 0 Å². The SMILES string of the molecule is c1cnnc(-c2ccc(CN3CCC[C@H]3c3ccc4c(c3)OCCO4)cc2)c1. The van der Waals surface area contributed by atoms with Gasteiger partial charge in [-0.1, -0.05) is 30.3 Å². The molecule has 5 rings (SSSR count). The van der Waals surface area contributed by atoms with E-state index in [1.807, 2.05) is 12.1 Å². The van der Waals surface area contributed by atoms with Gasteiger partial charge in [-0.3, -0.25) is 4.90 Å². The number of ether oxygens (including phenoxy) is 2. The zero-order valence-corrected chi connectivity index (χ0v) is 15.8. The lowest BCUT2D eigenvalue weighted by molar-refractivity contribution is 0.170. The first-order chi connectivity index (χ1) is 13.9. The normalized spacial score (nSPS) is 18.9. The van der Waals surface area contributed by atoms with Gasteiger partial charge in [-0.15, -0.1) is 0 Å². The number of nitrogens with zero attached hydrogens (tertiary/aromatic N) is 3. The minimum atomic E-state index is 0.426. The lowest BCUT2D eigenvalue weighted by Crippen LogP contribution is -2.23. The van der Waals surface area contributed by atoms with Crippen LogP contribution in [-0.4, -0.2) is 34.9 Å². The first kappa shape index (κ1) is 17.2. The fourth-order valence-electron chi connectivity index (χ4n) is 4.13. The van der Waals surface area contributed by atoms with Gasteiger partial charge in [0, 0.05) is 24.3 Å². The van der Waals surface area contributed by atoms with E-state index in [1.165, 1.54) is 24.0 Å². The molecule has 1 saturated heterocycles. The van der Waals surface area contributed by atoms with Crippen LogP contribution in [0.2, 0.25) is 0 Å². The summed E-state index contributed by atoms with van der Waals surface area (Å²) in [6.45, 7) is 3.32. The molecule has 1 atom stereocenters.